The van der Waals surface area contributed by atoms with Crippen LogP contribution < -0.4 is 5.32 Å². The highest BCUT2D eigenvalue weighted by molar-refractivity contribution is 5.95. The van der Waals surface area contributed by atoms with Crippen LogP contribution in [-0.2, 0) is 16.6 Å². The molecular weight excluding hydrogens is 264 g/mol. The van der Waals surface area contributed by atoms with E-state index in [1.165, 1.54) is 0 Å². The van der Waals surface area contributed by atoms with Gasteiger partial charge in [0, 0.05) is 19.2 Å². The Hall–Kier alpha value is -2.31. The monoisotopic (exact) mass is 282 g/mol. The summed E-state index contributed by atoms with van der Waals surface area (Å²) >= 11 is 0. The Bertz CT molecular complexity index is 521. The van der Waals surface area contributed by atoms with Crippen molar-refractivity contribution in [2.75, 3.05) is 0 Å². The van der Waals surface area contributed by atoms with E-state index < -0.39 is 23.9 Å². The average Bonchev–Trinajstić information content (AvgIpc) is 2.68. The van der Waals surface area contributed by atoms with Crippen LogP contribution in [0.5, 0.6) is 0 Å². The Morgan fingerprint density at radius 2 is 1.95 bits per heavy atom. The number of aliphatic carboxylic acids is 2. The lowest BCUT2D eigenvalue weighted by Gasteiger charge is -2.14. The fourth-order valence-corrected chi connectivity index (χ4v) is 1.79. The standard InChI is InChI=1S/C13H18N2O5/c1-8-6-7-10(15(8)2)12(18)14-9(13(19)20)4-3-5-11(16)17/h6-7,9H,3-5H2,1-2H3,(H,14,18)(H,16,17)(H,19,20)/t9-/m1/s1. The smallest absolute Gasteiger partial charge is 0.326 e. The summed E-state index contributed by atoms with van der Waals surface area (Å²) in [6, 6.07) is 2.28. The van der Waals surface area contributed by atoms with E-state index in [-0.39, 0.29) is 19.3 Å². The molecule has 0 aliphatic heterocycles. The molecule has 20 heavy (non-hydrogen) atoms. The highest BCUT2D eigenvalue weighted by Crippen LogP contribution is 2.08. The van der Waals surface area contributed by atoms with Gasteiger partial charge in [-0.15, -0.1) is 0 Å². The second-order valence-electron chi connectivity index (χ2n) is 4.57. The minimum Gasteiger partial charge on any atom is -0.481 e. The number of carboxylic acids is 2. The maximum atomic E-state index is 12.0. The number of carboxylic acid groups (broad SMARTS) is 2. The van der Waals surface area contributed by atoms with Crippen molar-refractivity contribution >= 4 is 17.8 Å². The number of aromatic nitrogens is 1. The summed E-state index contributed by atoms with van der Waals surface area (Å²) in [6.45, 7) is 1.83. The minimum atomic E-state index is -1.17. The Balaban J connectivity index is 2.66. The van der Waals surface area contributed by atoms with Crippen LogP contribution >= 0.6 is 0 Å². The molecule has 3 N–H and O–H groups in total. The van der Waals surface area contributed by atoms with Crippen molar-refractivity contribution < 1.29 is 24.6 Å². The zero-order valence-corrected chi connectivity index (χ0v) is 11.4. The first-order valence-electron chi connectivity index (χ1n) is 6.20. The highest BCUT2D eigenvalue weighted by atomic mass is 16.4. The molecule has 0 saturated carbocycles. The van der Waals surface area contributed by atoms with Crippen LogP contribution in [0.25, 0.3) is 0 Å². The van der Waals surface area contributed by atoms with Crippen molar-refractivity contribution in [3.63, 3.8) is 0 Å². The quantitative estimate of drug-likeness (QED) is 0.684. The van der Waals surface area contributed by atoms with Crippen molar-refractivity contribution in [3.8, 4) is 0 Å². The van der Waals surface area contributed by atoms with E-state index in [9.17, 15) is 14.4 Å². The molecule has 0 aliphatic rings. The Kier molecular flexibility index (Phi) is 5.31. The van der Waals surface area contributed by atoms with Crippen molar-refractivity contribution in [2.45, 2.75) is 32.2 Å². The van der Waals surface area contributed by atoms with Crippen molar-refractivity contribution in [3.05, 3.63) is 23.5 Å². The first kappa shape index (κ1) is 15.7. The number of hydrogen-bond donors (Lipinski definition) is 3. The molecule has 1 heterocycles. The van der Waals surface area contributed by atoms with E-state index >= 15 is 0 Å². The topological polar surface area (TPSA) is 109 Å². The van der Waals surface area contributed by atoms with E-state index in [0.717, 1.165) is 5.69 Å². The van der Waals surface area contributed by atoms with Gasteiger partial charge in [0.1, 0.15) is 11.7 Å². The summed E-state index contributed by atoms with van der Waals surface area (Å²) in [6.07, 6.45) is 0.151. The second-order valence-corrected chi connectivity index (χ2v) is 4.57. The van der Waals surface area contributed by atoms with Crippen LogP contribution in [0.2, 0.25) is 0 Å². The van der Waals surface area contributed by atoms with Gasteiger partial charge in [0.25, 0.3) is 5.91 Å². The maximum absolute atomic E-state index is 12.0. The number of rotatable bonds is 7. The maximum Gasteiger partial charge on any atom is 0.326 e. The van der Waals surface area contributed by atoms with E-state index in [1.54, 1.807) is 23.7 Å². The fourth-order valence-electron chi connectivity index (χ4n) is 1.79. The Labute approximate surface area is 116 Å². The third-order valence-corrected chi connectivity index (χ3v) is 3.09. The molecule has 1 rings (SSSR count). The van der Waals surface area contributed by atoms with Crippen molar-refractivity contribution in [1.82, 2.24) is 9.88 Å². The first-order valence-corrected chi connectivity index (χ1v) is 6.20. The summed E-state index contributed by atoms with van der Waals surface area (Å²) in [4.78, 5) is 33.4. The highest BCUT2D eigenvalue weighted by Gasteiger charge is 2.22. The first-order chi connectivity index (χ1) is 9.32. The van der Waals surface area contributed by atoms with Gasteiger partial charge >= 0.3 is 11.9 Å². The number of nitrogens with zero attached hydrogens (tertiary/aromatic N) is 1. The van der Waals surface area contributed by atoms with Gasteiger partial charge in [0.15, 0.2) is 0 Å². The lowest BCUT2D eigenvalue weighted by atomic mass is 10.1. The summed E-state index contributed by atoms with van der Waals surface area (Å²) in [5.74, 6) is -2.64. The molecule has 0 aromatic carbocycles. The van der Waals surface area contributed by atoms with Gasteiger partial charge in [0.05, 0.1) is 0 Å². The van der Waals surface area contributed by atoms with E-state index in [1.807, 2.05) is 6.92 Å². The number of hydrogen-bond acceptors (Lipinski definition) is 3. The molecule has 0 aliphatic carbocycles. The second kappa shape index (κ2) is 6.74. The molecule has 0 radical (unpaired) electrons. The SMILES string of the molecule is Cc1ccc(C(=O)N[C@H](CCCC(=O)O)C(=O)O)n1C. The molecule has 110 valence electrons. The zero-order chi connectivity index (χ0) is 15.3. The van der Waals surface area contributed by atoms with Gasteiger partial charge in [-0.2, -0.15) is 0 Å². The van der Waals surface area contributed by atoms with E-state index in [4.69, 9.17) is 10.2 Å². The lowest BCUT2D eigenvalue weighted by molar-refractivity contribution is -0.140. The third kappa shape index (κ3) is 4.11. The number of nitrogens with one attached hydrogen (secondary N) is 1. The average molecular weight is 282 g/mol. The molecule has 1 aromatic rings. The van der Waals surface area contributed by atoms with Crippen LogP contribution in [0.1, 0.15) is 35.4 Å². The van der Waals surface area contributed by atoms with Gasteiger partial charge < -0.3 is 20.1 Å². The summed E-state index contributed by atoms with van der Waals surface area (Å²) in [5.41, 5.74) is 1.25. The molecule has 7 nitrogen and oxygen atoms in total. The molecule has 7 heteroatoms. The predicted octanol–water partition coefficient (Wildman–Crippen LogP) is 0.771. The third-order valence-electron chi connectivity index (χ3n) is 3.09. The number of carbonyl (C=O) groups excluding carboxylic acids is 1. The Morgan fingerprint density at radius 3 is 2.40 bits per heavy atom. The molecule has 1 amide bonds. The molecule has 1 aromatic heterocycles. The van der Waals surface area contributed by atoms with Crippen molar-refractivity contribution in [1.29, 1.82) is 0 Å². The van der Waals surface area contributed by atoms with E-state index in [0.29, 0.717) is 5.69 Å². The predicted molar refractivity (Wildman–Crippen MR) is 70.5 cm³/mol. The largest absolute Gasteiger partial charge is 0.481 e. The van der Waals surface area contributed by atoms with Gasteiger partial charge in [-0.05, 0) is 31.9 Å². The number of amides is 1. The molecular formula is C13H18N2O5. The normalized spacial score (nSPS) is 11.9. The molecule has 0 bridgehead atoms. The fraction of sp³-hybridized carbons (Fsp3) is 0.462. The van der Waals surface area contributed by atoms with Gasteiger partial charge in [-0.1, -0.05) is 0 Å². The minimum absolute atomic E-state index is 0.0801. The van der Waals surface area contributed by atoms with Crippen LogP contribution in [0.15, 0.2) is 12.1 Å². The van der Waals surface area contributed by atoms with Gasteiger partial charge in [-0.3, -0.25) is 9.59 Å². The number of aryl methyl sites for hydroxylation is 1. The van der Waals surface area contributed by atoms with Crippen LogP contribution in [0, 0.1) is 6.92 Å². The number of carbonyl (C=O) groups is 3. The van der Waals surface area contributed by atoms with E-state index in [2.05, 4.69) is 5.32 Å². The lowest BCUT2D eigenvalue weighted by Crippen LogP contribution is -2.41. The molecule has 0 saturated heterocycles. The van der Waals surface area contributed by atoms with Crippen LogP contribution in [0.4, 0.5) is 0 Å². The zero-order valence-electron chi connectivity index (χ0n) is 11.4. The molecule has 0 fully saturated rings. The van der Waals surface area contributed by atoms with Crippen molar-refractivity contribution in [2.24, 2.45) is 7.05 Å². The molecule has 0 unspecified atom stereocenters. The molecule has 0 spiro atoms. The Morgan fingerprint density at radius 1 is 1.30 bits per heavy atom. The summed E-state index contributed by atoms with van der Waals surface area (Å²) in [5, 5.41) is 20.0. The summed E-state index contributed by atoms with van der Waals surface area (Å²) in [7, 11) is 1.71. The van der Waals surface area contributed by atoms with Gasteiger partial charge in [0.2, 0.25) is 0 Å². The molecule has 1 atom stereocenters. The summed E-state index contributed by atoms with van der Waals surface area (Å²) < 4.78 is 1.66. The van der Waals surface area contributed by atoms with Crippen LogP contribution in [0.3, 0.4) is 0 Å². The van der Waals surface area contributed by atoms with Gasteiger partial charge in [-0.25, -0.2) is 4.79 Å². The van der Waals surface area contributed by atoms with Crippen LogP contribution in [-0.4, -0.2) is 38.7 Å².